The van der Waals surface area contributed by atoms with Crippen LogP contribution in [0.1, 0.15) is 34.0 Å². The van der Waals surface area contributed by atoms with Gasteiger partial charge in [0.25, 0.3) is 5.91 Å². The lowest BCUT2D eigenvalue weighted by molar-refractivity contribution is -0.107. The molecule has 1 aliphatic rings. The summed E-state index contributed by atoms with van der Waals surface area (Å²) in [7, 11) is 0. The summed E-state index contributed by atoms with van der Waals surface area (Å²) >= 11 is 0. The molecule has 0 N–H and O–H groups in total. The number of rotatable bonds is 5. The van der Waals surface area contributed by atoms with E-state index in [4.69, 9.17) is 4.74 Å². The fourth-order valence-corrected chi connectivity index (χ4v) is 3.98. The monoisotopic (exact) mass is 395 g/mol. The molecule has 3 aromatic carbocycles. The minimum Gasteiger partial charge on any atom is -0.492 e. The normalized spacial score (nSPS) is 13.1. The molecule has 0 fully saturated rings. The molecule has 4 rings (SSSR count). The molecule has 29 heavy (non-hydrogen) atoms. The topological polar surface area (TPSA) is 46.6 Å². The van der Waals surface area contributed by atoms with Crippen molar-refractivity contribution in [1.82, 2.24) is 0 Å². The molecular weight excluding hydrogens is 376 g/mol. The first-order valence-electron chi connectivity index (χ1n) is 9.38. The third-order valence-corrected chi connectivity index (χ3v) is 5.29. The zero-order chi connectivity index (χ0) is 20.7. The highest BCUT2D eigenvalue weighted by Gasteiger charge is 2.37. The SMILES string of the molecule is CCOc1c2c(c(C)c3ccccc13)CN(c1c(F)cc(CC=O)cc1F)C2=O. The Morgan fingerprint density at radius 2 is 1.79 bits per heavy atom. The molecule has 148 valence electrons. The Morgan fingerprint density at radius 3 is 2.41 bits per heavy atom. The fourth-order valence-electron chi connectivity index (χ4n) is 3.98. The number of carbonyl (C=O) groups is 2. The molecule has 4 nitrogen and oxygen atoms in total. The van der Waals surface area contributed by atoms with E-state index in [9.17, 15) is 18.4 Å². The number of fused-ring (bicyclic) bond motifs is 2. The van der Waals surface area contributed by atoms with Gasteiger partial charge in [0.1, 0.15) is 29.4 Å². The number of halogens is 2. The van der Waals surface area contributed by atoms with Gasteiger partial charge in [0.05, 0.1) is 18.7 Å². The first kappa shape index (κ1) is 19.1. The van der Waals surface area contributed by atoms with E-state index >= 15 is 0 Å². The van der Waals surface area contributed by atoms with Crippen molar-refractivity contribution in [2.45, 2.75) is 26.8 Å². The number of ether oxygens (including phenoxy) is 1. The van der Waals surface area contributed by atoms with Gasteiger partial charge in [0, 0.05) is 11.8 Å². The van der Waals surface area contributed by atoms with Crippen molar-refractivity contribution < 1.29 is 23.1 Å². The van der Waals surface area contributed by atoms with Gasteiger partial charge in [-0.1, -0.05) is 24.3 Å². The zero-order valence-electron chi connectivity index (χ0n) is 16.1. The smallest absolute Gasteiger partial charge is 0.262 e. The molecule has 0 aliphatic carbocycles. The van der Waals surface area contributed by atoms with Crippen LogP contribution in [0, 0.1) is 18.6 Å². The van der Waals surface area contributed by atoms with Crippen LogP contribution in [0.4, 0.5) is 14.5 Å². The van der Waals surface area contributed by atoms with E-state index < -0.39 is 23.2 Å². The minimum absolute atomic E-state index is 0.0474. The van der Waals surface area contributed by atoms with Crippen molar-refractivity contribution in [2.75, 3.05) is 11.5 Å². The van der Waals surface area contributed by atoms with E-state index in [1.54, 1.807) is 0 Å². The summed E-state index contributed by atoms with van der Waals surface area (Å²) < 4.78 is 35.3. The van der Waals surface area contributed by atoms with E-state index in [-0.39, 0.29) is 18.5 Å². The van der Waals surface area contributed by atoms with E-state index in [1.165, 1.54) is 0 Å². The van der Waals surface area contributed by atoms with Crippen LogP contribution in [0.15, 0.2) is 36.4 Å². The quantitative estimate of drug-likeness (QED) is 0.587. The Morgan fingerprint density at radius 1 is 1.14 bits per heavy atom. The van der Waals surface area contributed by atoms with Gasteiger partial charge in [-0.05, 0) is 48.1 Å². The van der Waals surface area contributed by atoms with Crippen LogP contribution in [0.25, 0.3) is 10.8 Å². The van der Waals surface area contributed by atoms with E-state index in [0.29, 0.717) is 29.8 Å². The summed E-state index contributed by atoms with van der Waals surface area (Å²) in [5, 5.41) is 1.73. The van der Waals surface area contributed by atoms with Crippen LogP contribution < -0.4 is 9.64 Å². The van der Waals surface area contributed by atoms with Gasteiger partial charge in [0.2, 0.25) is 0 Å². The summed E-state index contributed by atoms with van der Waals surface area (Å²) in [6, 6.07) is 9.76. The van der Waals surface area contributed by atoms with E-state index in [0.717, 1.165) is 33.4 Å². The lowest BCUT2D eigenvalue weighted by atomic mass is 9.95. The van der Waals surface area contributed by atoms with Crippen LogP contribution >= 0.6 is 0 Å². The molecular formula is C23H19F2NO3. The predicted octanol–water partition coefficient (Wildman–Crippen LogP) is 4.73. The first-order valence-corrected chi connectivity index (χ1v) is 9.38. The highest BCUT2D eigenvalue weighted by Crippen LogP contribution is 2.43. The maximum atomic E-state index is 14.7. The largest absolute Gasteiger partial charge is 0.492 e. The van der Waals surface area contributed by atoms with Crippen LogP contribution in [0.2, 0.25) is 0 Å². The molecule has 1 aliphatic heterocycles. The summed E-state index contributed by atoms with van der Waals surface area (Å²) in [5.41, 5.74) is 1.74. The Balaban J connectivity index is 1.90. The molecule has 1 heterocycles. The highest BCUT2D eigenvalue weighted by atomic mass is 19.1. The second kappa shape index (κ2) is 7.28. The average molecular weight is 395 g/mol. The molecule has 1 amide bonds. The Hall–Kier alpha value is -3.28. The maximum absolute atomic E-state index is 14.7. The third-order valence-electron chi connectivity index (χ3n) is 5.29. The number of hydrogen-bond acceptors (Lipinski definition) is 3. The molecule has 0 unspecified atom stereocenters. The molecule has 0 spiro atoms. The Labute approximate surface area is 166 Å². The maximum Gasteiger partial charge on any atom is 0.262 e. The first-order chi connectivity index (χ1) is 14.0. The summed E-state index contributed by atoms with van der Waals surface area (Å²) in [4.78, 5) is 25.0. The fraction of sp³-hybridized carbons (Fsp3) is 0.217. The average Bonchev–Trinajstić information content (AvgIpc) is 3.02. The zero-order valence-corrected chi connectivity index (χ0v) is 16.1. The minimum atomic E-state index is -0.872. The molecule has 0 bridgehead atoms. The van der Waals surface area contributed by atoms with Gasteiger partial charge in [0.15, 0.2) is 0 Å². The molecule has 0 radical (unpaired) electrons. The summed E-state index contributed by atoms with van der Waals surface area (Å²) in [5.74, 6) is -1.81. The number of benzene rings is 3. The van der Waals surface area contributed by atoms with Crippen molar-refractivity contribution in [3.8, 4) is 5.75 Å². The van der Waals surface area contributed by atoms with E-state index in [2.05, 4.69) is 0 Å². The molecule has 0 saturated heterocycles. The second-order valence-electron chi connectivity index (χ2n) is 6.96. The van der Waals surface area contributed by atoms with Crippen LogP contribution in [0.3, 0.4) is 0 Å². The number of nitrogens with zero attached hydrogens (tertiary/aromatic N) is 1. The molecule has 0 aromatic heterocycles. The van der Waals surface area contributed by atoms with Gasteiger partial charge in [-0.25, -0.2) is 8.78 Å². The van der Waals surface area contributed by atoms with Gasteiger partial charge in [-0.2, -0.15) is 0 Å². The van der Waals surface area contributed by atoms with Gasteiger partial charge < -0.3 is 9.53 Å². The van der Waals surface area contributed by atoms with Crippen LogP contribution in [0.5, 0.6) is 5.75 Å². The Bertz CT molecular complexity index is 1130. The predicted molar refractivity (Wildman–Crippen MR) is 106 cm³/mol. The van der Waals surface area contributed by atoms with Crippen molar-refractivity contribution in [3.05, 3.63) is 70.3 Å². The molecule has 0 atom stereocenters. The number of aryl methyl sites for hydroxylation is 1. The van der Waals surface area contributed by atoms with Gasteiger partial charge in [-0.15, -0.1) is 0 Å². The third kappa shape index (κ3) is 2.95. The van der Waals surface area contributed by atoms with Crippen molar-refractivity contribution >= 4 is 28.7 Å². The van der Waals surface area contributed by atoms with Crippen LogP contribution in [-0.4, -0.2) is 18.8 Å². The number of anilines is 1. The van der Waals surface area contributed by atoms with Crippen molar-refractivity contribution in [1.29, 1.82) is 0 Å². The number of hydrogen-bond donors (Lipinski definition) is 0. The number of carbonyl (C=O) groups excluding carboxylic acids is 2. The van der Waals surface area contributed by atoms with Gasteiger partial charge >= 0.3 is 0 Å². The van der Waals surface area contributed by atoms with Crippen molar-refractivity contribution in [3.63, 3.8) is 0 Å². The lowest BCUT2D eigenvalue weighted by Crippen LogP contribution is -2.25. The van der Waals surface area contributed by atoms with Crippen LogP contribution in [-0.2, 0) is 17.8 Å². The second-order valence-corrected chi connectivity index (χ2v) is 6.96. The number of aldehydes is 1. The molecule has 3 aromatic rings. The van der Waals surface area contributed by atoms with Gasteiger partial charge in [-0.3, -0.25) is 9.69 Å². The van der Waals surface area contributed by atoms with Crippen molar-refractivity contribution in [2.24, 2.45) is 0 Å². The molecule has 0 saturated carbocycles. The Kier molecular flexibility index (Phi) is 4.78. The highest BCUT2D eigenvalue weighted by molar-refractivity contribution is 6.16. The number of amides is 1. The molecule has 6 heteroatoms. The summed E-state index contributed by atoms with van der Waals surface area (Å²) in [6.45, 7) is 4.12. The van der Waals surface area contributed by atoms with E-state index in [1.807, 2.05) is 38.1 Å². The lowest BCUT2D eigenvalue weighted by Gasteiger charge is -2.18. The standard InChI is InChI=1S/C23H19F2NO3/c1-3-29-22-16-7-5-4-6-15(16)13(2)17-12-26(23(28)20(17)22)21-18(24)10-14(8-9-27)11-19(21)25/h4-7,9-11H,3,8,12H2,1-2H3. The summed E-state index contributed by atoms with van der Waals surface area (Å²) in [6.07, 6.45) is 0.481.